The van der Waals surface area contributed by atoms with Crippen LogP contribution in [0.5, 0.6) is 0 Å². The van der Waals surface area contributed by atoms with Crippen LogP contribution < -0.4 is 10.6 Å². The van der Waals surface area contributed by atoms with Gasteiger partial charge in [0.15, 0.2) is 0 Å². The molecule has 0 spiro atoms. The molecule has 3 nitrogen and oxygen atoms in total. The van der Waals surface area contributed by atoms with Crippen LogP contribution in [0.4, 0.5) is 11.6 Å². The van der Waals surface area contributed by atoms with Crippen molar-refractivity contribution in [3.05, 3.63) is 39.5 Å². The molecule has 0 radical (unpaired) electrons. The zero-order valence-electron chi connectivity index (χ0n) is 8.85. The fourth-order valence-corrected chi connectivity index (χ4v) is 2.54. The normalized spacial score (nSPS) is 10.4. The quantitative estimate of drug-likeness (QED) is 0.914. The summed E-state index contributed by atoms with van der Waals surface area (Å²) in [6, 6.07) is 9.54. The van der Waals surface area contributed by atoms with Crippen molar-refractivity contribution in [2.45, 2.75) is 6.54 Å². The molecule has 0 bridgehead atoms. The molecule has 5 heteroatoms. The average molecular weight is 254 g/mol. The van der Waals surface area contributed by atoms with Gasteiger partial charge in [-0.2, -0.15) is 0 Å². The van der Waals surface area contributed by atoms with Crippen LogP contribution in [0.3, 0.4) is 0 Å². The predicted molar refractivity (Wildman–Crippen MR) is 70.1 cm³/mol. The minimum Gasteiger partial charge on any atom is -0.384 e. The first kappa shape index (κ1) is 11.2. The first-order valence-electron chi connectivity index (χ1n) is 4.83. The number of hydrogen-bond donors (Lipinski definition) is 1. The average Bonchev–Trinajstić information content (AvgIpc) is 2.64. The lowest BCUT2D eigenvalue weighted by Crippen LogP contribution is -2.17. The molecule has 2 N–H and O–H groups in total. The highest BCUT2D eigenvalue weighted by molar-refractivity contribution is 7.16. The van der Waals surface area contributed by atoms with Crippen LogP contribution in [0.15, 0.2) is 30.3 Å². The van der Waals surface area contributed by atoms with Crippen LogP contribution in [0, 0.1) is 0 Å². The van der Waals surface area contributed by atoms with Crippen molar-refractivity contribution in [3.8, 4) is 0 Å². The standard InChI is InChI=1S/C11H12ClN3S/c1-15(7-8-5-6-9(12)16-8)11-4-2-3-10(13)14-11/h2-6H,7H2,1H3,(H2,13,14). The summed E-state index contributed by atoms with van der Waals surface area (Å²) >= 11 is 7.46. The fourth-order valence-electron chi connectivity index (χ4n) is 1.40. The van der Waals surface area contributed by atoms with Gasteiger partial charge in [0, 0.05) is 11.9 Å². The summed E-state index contributed by atoms with van der Waals surface area (Å²) in [5.41, 5.74) is 5.64. The number of rotatable bonds is 3. The molecule has 0 unspecified atom stereocenters. The minimum absolute atomic E-state index is 0.536. The molecular formula is C11H12ClN3S. The van der Waals surface area contributed by atoms with Gasteiger partial charge in [0.25, 0.3) is 0 Å². The molecule has 16 heavy (non-hydrogen) atoms. The minimum atomic E-state index is 0.536. The number of halogens is 1. The number of nitrogens with zero attached hydrogens (tertiary/aromatic N) is 2. The van der Waals surface area contributed by atoms with Gasteiger partial charge in [-0.05, 0) is 24.3 Å². The molecule has 0 saturated carbocycles. The maximum Gasteiger partial charge on any atom is 0.131 e. The summed E-state index contributed by atoms with van der Waals surface area (Å²) in [7, 11) is 1.98. The van der Waals surface area contributed by atoms with E-state index >= 15 is 0 Å². The van der Waals surface area contributed by atoms with Gasteiger partial charge in [-0.25, -0.2) is 4.98 Å². The highest BCUT2D eigenvalue weighted by Gasteiger charge is 2.05. The Morgan fingerprint density at radius 2 is 2.19 bits per heavy atom. The summed E-state index contributed by atoms with van der Waals surface area (Å²) in [6.07, 6.45) is 0. The third-order valence-electron chi connectivity index (χ3n) is 2.17. The van der Waals surface area contributed by atoms with E-state index in [4.69, 9.17) is 17.3 Å². The molecule has 0 aliphatic rings. The fraction of sp³-hybridized carbons (Fsp3) is 0.182. The Hall–Kier alpha value is -1.26. The van der Waals surface area contributed by atoms with Crippen molar-refractivity contribution in [2.24, 2.45) is 0 Å². The molecule has 0 amide bonds. The van der Waals surface area contributed by atoms with E-state index in [1.54, 1.807) is 17.4 Å². The predicted octanol–water partition coefficient (Wildman–Crippen LogP) is 3.02. The van der Waals surface area contributed by atoms with Gasteiger partial charge in [-0.15, -0.1) is 11.3 Å². The van der Waals surface area contributed by atoms with E-state index in [1.807, 2.05) is 36.2 Å². The monoisotopic (exact) mass is 253 g/mol. The number of pyridine rings is 1. The Morgan fingerprint density at radius 1 is 1.38 bits per heavy atom. The van der Waals surface area contributed by atoms with E-state index in [9.17, 15) is 0 Å². The third kappa shape index (κ3) is 2.65. The number of nitrogens with two attached hydrogens (primary N) is 1. The molecule has 0 aliphatic heterocycles. The van der Waals surface area contributed by atoms with Crippen LogP contribution in [0.1, 0.15) is 4.88 Å². The van der Waals surface area contributed by atoms with Gasteiger partial charge in [-0.1, -0.05) is 17.7 Å². The number of thiophene rings is 1. The first-order valence-corrected chi connectivity index (χ1v) is 6.02. The number of anilines is 2. The molecular weight excluding hydrogens is 242 g/mol. The van der Waals surface area contributed by atoms with Gasteiger partial charge >= 0.3 is 0 Å². The highest BCUT2D eigenvalue weighted by atomic mass is 35.5. The van der Waals surface area contributed by atoms with Crippen LogP contribution >= 0.6 is 22.9 Å². The molecule has 2 aromatic heterocycles. The van der Waals surface area contributed by atoms with E-state index in [1.165, 1.54) is 4.88 Å². The van der Waals surface area contributed by atoms with Crippen LogP contribution in [-0.2, 0) is 6.54 Å². The van der Waals surface area contributed by atoms with Crippen molar-refractivity contribution in [1.29, 1.82) is 0 Å². The summed E-state index contributed by atoms with van der Waals surface area (Å²) in [5, 5.41) is 0. The van der Waals surface area contributed by atoms with Crippen molar-refractivity contribution < 1.29 is 0 Å². The second kappa shape index (κ2) is 4.72. The van der Waals surface area contributed by atoms with Crippen molar-refractivity contribution in [1.82, 2.24) is 4.98 Å². The Balaban J connectivity index is 2.11. The smallest absolute Gasteiger partial charge is 0.131 e. The largest absolute Gasteiger partial charge is 0.384 e. The molecule has 0 saturated heterocycles. The maximum absolute atomic E-state index is 5.88. The summed E-state index contributed by atoms with van der Waals surface area (Å²) in [5.74, 6) is 1.40. The van der Waals surface area contributed by atoms with Crippen molar-refractivity contribution in [3.63, 3.8) is 0 Å². The molecule has 2 rings (SSSR count). The Labute approximate surface area is 103 Å². The van der Waals surface area contributed by atoms with E-state index in [0.717, 1.165) is 16.7 Å². The van der Waals surface area contributed by atoms with Crippen LogP contribution in [0.25, 0.3) is 0 Å². The van der Waals surface area contributed by atoms with Gasteiger partial charge in [-0.3, -0.25) is 0 Å². The van der Waals surface area contributed by atoms with Crippen LogP contribution in [0.2, 0.25) is 4.34 Å². The Morgan fingerprint density at radius 3 is 2.81 bits per heavy atom. The summed E-state index contributed by atoms with van der Waals surface area (Å²) in [4.78, 5) is 7.50. The van der Waals surface area contributed by atoms with Crippen molar-refractivity contribution in [2.75, 3.05) is 17.7 Å². The third-order valence-corrected chi connectivity index (χ3v) is 3.38. The molecule has 0 atom stereocenters. The first-order chi connectivity index (χ1) is 7.65. The zero-order chi connectivity index (χ0) is 11.5. The van der Waals surface area contributed by atoms with Gasteiger partial charge < -0.3 is 10.6 Å². The lowest BCUT2D eigenvalue weighted by molar-refractivity contribution is 0.914. The van der Waals surface area contributed by atoms with Crippen LogP contribution in [-0.4, -0.2) is 12.0 Å². The van der Waals surface area contributed by atoms with E-state index in [2.05, 4.69) is 4.98 Å². The second-order valence-corrected chi connectivity index (χ2v) is 5.28. The van der Waals surface area contributed by atoms with E-state index < -0.39 is 0 Å². The molecule has 0 fully saturated rings. The molecule has 2 aromatic rings. The Bertz CT molecular complexity index is 484. The van der Waals surface area contributed by atoms with E-state index in [-0.39, 0.29) is 0 Å². The zero-order valence-corrected chi connectivity index (χ0v) is 10.4. The topological polar surface area (TPSA) is 42.1 Å². The lowest BCUT2D eigenvalue weighted by Gasteiger charge is -2.17. The second-order valence-electron chi connectivity index (χ2n) is 3.48. The summed E-state index contributed by atoms with van der Waals surface area (Å²) in [6.45, 7) is 0.786. The maximum atomic E-state index is 5.88. The van der Waals surface area contributed by atoms with Gasteiger partial charge in [0.2, 0.25) is 0 Å². The molecule has 0 aromatic carbocycles. The van der Waals surface area contributed by atoms with Gasteiger partial charge in [0.05, 0.1) is 10.9 Å². The number of nitrogen functional groups attached to an aromatic ring is 1. The number of hydrogen-bond acceptors (Lipinski definition) is 4. The molecule has 84 valence electrons. The van der Waals surface area contributed by atoms with Crippen molar-refractivity contribution >= 4 is 34.6 Å². The highest BCUT2D eigenvalue weighted by Crippen LogP contribution is 2.23. The van der Waals surface area contributed by atoms with E-state index in [0.29, 0.717) is 5.82 Å². The molecule has 2 heterocycles. The number of aromatic nitrogens is 1. The SMILES string of the molecule is CN(Cc1ccc(Cl)s1)c1cccc(N)n1. The lowest BCUT2D eigenvalue weighted by atomic mass is 10.4. The molecule has 0 aliphatic carbocycles. The van der Waals surface area contributed by atoms with Gasteiger partial charge in [0.1, 0.15) is 11.6 Å². The summed E-state index contributed by atoms with van der Waals surface area (Å²) < 4.78 is 0.809. The Kier molecular flexibility index (Phi) is 3.31.